The summed E-state index contributed by atoms with van der Waals surface area (Å²) in [4.78, 5) is 2.19. The number of halogens is 1. The van der Waals surface area contributed by atoms with Gasteiger partial charge in [-0.2, -0.15) is 0 Å². The molecule has 0 spiro atoms. The molecule has 0 aromatic heterocycles. The minimum atomic E-state index is 0.0136. The summed E-state index contributed by atoms with van der Waals surface area (Å²) in [5.41, 5.74) is 1.81. The highest BCUT2D eigenvalue weighted by Crippen LogP contribution is 2.28. The number of ether oxygens (including phenoxy) is 1. The molecule has 0 heterocycles. The van der Waals surface area contributed by atoms with Gasteiger partial charge >= 0.3 is 0 Å². The van der Waals surface area contributed by atoms with E-state index in [4.69, 9.17) is 21.4 Å². The molecule has 0 saturated heterocycles. The fourth-order valence-corrected chi connectivity index (χ4v) is 2.24. The topological polar surface area (TPSA) is 32.7 Å². The first kappa shape index (κ1) is 14.3. The maximum absolute atomic E-state index is 9.05. The molecule has 0 aliphatic heterocycles. The number of anilines is 1. The quantitative estimate of drug-likeness (QED) is 0.851. The van der Waals surface area contributed by atoms with Crippen LogP contribution in [0.3, 0.4) is 0 Å². The third-order valence-corrected chi connectivity index (χ3v) is 3.09. The van der Waals surface area contributed by atoms with Gasteiger partial charge in [0.1, 0.15) is 0 Å². The van der Waals surface area contributed by atoms with Gasteiger partial charge in [0.05, 0.1) is 23.9 Å². The Bertz CT molecular complexity index is 357. The molecule has 4 heteroatoms. The van der Waals surface area contributed by atoms with Crippen molar-refractivity contribution in [3.05, 3.63) is 28.8 Å². The van der Waals surface area contributed by atoms with Crippen molar-refractivity contribution in [3.8, 4) is 0 Å². The Hall–Kier alpha value is -0.770. The molecule has 17 heavy (non-hydrogen) atoms. The monoisotopic (exact) mass is 257 g/mol. The van der Waals surface area contributed by atoms with Crippen molar-refractivity contribution >= 4 is 17.3 Å². The number of aliphatic hydroxyl groups is 1. The molecule has 0 aliphatic carbocycles. The van der Waals surface area contributed by atoms with E-state index in [1.165, 1.54) is 0 Å². The van der Waals surface area contributed by atoms with E-state index in [1.54, 1.807) is 13.2 Å². The van der Waals surface area contributed by atoms with Crippen molar-refractivity contribution in [2.24, 2.45) is 0 Å². The highest BCUT2D eigenvalue weighted by atomic mass is 35.5. The zero-order chi connectivity index (χ0) is 12.8. The van der Waals surface area contributed by atoms with Crippen LogP contribution in [-0.4, -0.2) is 31.4 Å². The highest BCUT2D eigenvalue weighted by Gasteiger charge is 2.15. The summed E-state index contributed by atoms with van der Waals surface area (Å²) in [5, 5.41) is 9.72. The molecule has 0 saturated carbocycles. The minimum absolute atomic E-state index is 0.0136. The van der Waals surface area contributed by atoms with Crippen molar-refractivity contribution in [3.63, 3.8) is 0 Å². The van der Waals surface area contributed by atoms with Gasteiger partial charge in [0.15, 0.2) is 0 Å². The third-order valence-electron chi connectivity index (χ3n) is 2.78. The predicted octanol–water partition coefficient (Wildman–Crippen LogP) is 2.69. The van der Waals surface area contributed by atoms with E-state index in [-0.39, 0.29) is 12.6 Å². The van der Waals surface area contributed by atoms with Gasteiger partial charge in [-0.25, -0.2) is 0 Å². The third kappa shape index (κ3) is 3.60. The summed E-state index contributed by atoms with van der Waals surface area (Å²) in [7, 11) is 1.70. The second-order valence-corrected chi connectivity index (χ2v) is 4.44. The van der Waals surface area contributed by atoms with E-state index in [9.17, 15) is 0 Å². The zero-order valence-corrected chi connectivity index (χ0v) is 11.4. The lowest BCUT2D eigenvalue weighted by Crippen LogP contribution is -2.36. The number of likely N-dealkylation sites (N-methyl/N-ethyl adjacent to an activating group) is 1. The Balaban J connectivity index is 2.95. The first-order valence-electron chi connectivity index (χ1n) is 5.78. The maximum Gasteiger partial charge on any atom is 0.0682 e. The van der Waals surface area contributed by atoms with Gasteiger partial charge in [-0.3, -0.25) is 0 Å². The van der Waals surface area contributed by atoms with Gasteiger partial charge in [-0.1, -0.05) is 17.7 Å². The Kier molecular flexibility index (Phi) is 5.75. The van der Waals surface area contributed by atoms with E-state index in [0.29, 0.717) is 11.6 Å². The van der Waals surface area contributed by atoms with Gasteiger partial charge in [0.25, 0.3) is 0 Å². The largest absolute Gasteiger partial charge is 0.392 e. The van der Waals surface area contributed by atoms with Crippen LogP contribution in [0.25, 0.3) is 0 Å². The van der Waals surface area contributed by atoms with Crippen molar-refractivity contribution in [1.82, 2.24) is 0 Å². The molecule has 1 unspecified atom stereocenters. The minimum Gasteiger partial charge on any atom is -0.392 e. The maximum atomic E-state index is 9.05. The standard InChI is InChI=1S/C13H20ClNO2/c1-4-15(10(2)9-17-3)13-6-5-11(8-16)7-12(13)14/h5-7,10,16H,4,8-9H2,1-3H3. The lowest BCUT2D eigenvalue weighted by Gasteiger charge is -2.30. The highest BCUT2D eigenvalue weighted by molar-refractivity contribution is 6.33. The molecule has 1 aromatic carbocycles. The molecule has 96 valence electrons. The van der Waals surface area contributed by atoms with Crippen LogP contribution in [0.15, 0.2) is 18.2 Å². The lowest BCUT2D eigenvalue weighted by molar-refractivity contribution is 0.182. The predicted molar refractivity (Wildman–Crippen MR) is 71.7 cm³/mol. The van der Waals surface area contributed by atoms with Gasteiger partial charge in [0, 0.05) is 19.7 Å². The SMILES string of the molecule is CCN(c1ccc(CO)cc1Cl)C(C)COC. The Labute approximate surface area is 108 Å². The molecule has 1 N–H and O–H groups in total. The second kappa shape index (κ2) is 6.84. The first-order valence-corrected chi connectivity index (χ1v) is 6.16. The van der Waals surface area contributed by atoms with Crippen molar-refractivity contribution < 1.29 is 9.84 Å². The number of benzene rings is 1. The van der Waals surface area contributed by atoms with Crippen molar-refractivity contribution in [2.45, 2.75) is 26.5 Å². The average Bonchev–Trinajstić information content (AvgIpc) is 2.32. The molecule has 0 amide bonds. The van der Waals surface area contributed by atoms with Crippen LogP contribution >= 0.6 is 11.6 Å². The van der Waals surface area contributed by atoms with Gasteiger partial charge in [-0.05, 0) is 31.5 Å². The number of hydrogen-bond acceptors (Lipinski definition) is 3. The smallest absolute Gasteiger partial charge is 0.0682 e. The van der Waals surface area contributed by atoms with Crippen LogP contribution in [0, 0.1) is 0 Å². The molecular formula is C13H20ClNO2. The Morgan fingerprint density at radius 2 is 2.18 bits per heavy atom. The number of nitrogens with zero attached hydrogens (tertiary/aromatic N) is 1. The number of aliphatic hydroxyl groups excluding tert-OH is 1. The van der Waals surface area contributed by atoms with Crippen molar-refractivity contribution in [1.29, 1.82) is 0 Å². The van der Waals surface area contributed by atoms with E-state index >= 15 is 0 Å². The first-order chi connectivity index (χ1) is 8.13. The van der Waals surface area contributed by atoms with Crippen molar-refractivity contribution in [2.75, 3.05) is 25.2 Å². The lowest BCUT2D eigenvalue weighted by atomic mass is 10.1. The fraction of sp³-hybridized carbons (Fsp3) is 0.538. The van der Waals surface area contributed by atoms with Crippen LogP contribution < -0.4 is 4.90 Å². The van der Waals surface area contributed by atoms with Gasteiger partial charge in [0.2, 0.25) is 0 Å². The molecule has 0 fully saturated rings. The molecule has 1 atom stereocenters. The molecule has 0 aliphatic rings. The van der Waals surface area contributed by atoms with E-state index in [2.05, 4.69) is 18.7 Å². The van der Waals surface area contributed by atoms with Crippen LogP contribution in [0.5, 0.6) is 0 Å². The Morgan fingerprint density at radius 3 is 2.65 bits per heavy atom. The normalized spacial score (nSPS) is 12.5. The Morgan fingerprint density at radius 1 is 1.47 bits per heavy atom. The van der Waals surface area contributed by atoms with Gasteiger partial charge in [-0.15, -0.1) is 0 Å². The number of hydrogen-bond donors (Lipinski definition) is 1. The second-order valence-electron chi connectivity index (χ2n) is 4.03. The van der Waals surface area contributed by atoms with Gasteiger partial charge < -0.3 is 14.7 Å². The van der Waals surface area contributed by atoms with E-state index < -0.39 is 0 Å². The number of rotatable bonds is 6. The summed E-state index contributed by atoms with van der Waals surface area (Å²) < 4.78 is 5.17. The van der Waals surface area contributed by atoms with E-state index in [0.717, 1.165) is 17.8 Å². The molecule has 0 bridgehead atoms. The van der Waals surface area contributed by atoms with Crippen LogP contribution in [0.2, 0.25) is 5.02 Å². The zero-order valence-electron chi connectivity index (χ0n) is 10.6. The molecule has 1 rings (SSSR count). The molecular weight excluding hydrogens is 238 g/mol. The summed E-state index contributed by atoms with van der Waals surface area (Å²) in [6, 6.07) is 5.91. The number of methoxy groups -OCH3 is 1. The van der Waals surface area contributed by atoms with E-state index in [1.807, 2.05) is 12.1 Å². The molecule has 3 nitrogen and oxygen atoms in total. The van der Waals surface area contributed by atoms with Crippen LogP contribution in [-0.2, 0) is 11.3 Å². The summed E-state index contributed by atoms with van der Waals surface area (Å²) >= 11 is 6.23. The molecule has 0 radical (unpaired) electrons. The summed E-state index contributed by atoms with van der Waals surface area (Å²) in [6.07, 6.45) is 0. The molecule has 1 aromatic rings. The summed E-state index contributed by atoms with van der Waals surface area (Å²) in [5.74, 6) is 0. The average molecular weight is 258 g/mol. The summed E-state index contributed by atoms with van der Waals surface area (Å²) in [6.45, 7) is 5.72. The van der Waals surface area contributed by atoms with Crippen LogP contribution in [0.4, 0.5) is 5.69 Å². The fourth-order valence-electron chi connectivity index (χ4n) is 1.93. The van der Waals surface area contributed by atoms with Crippen LogP contribution in [0.1, 0.15) is 19.4 Å².